The average molecular weight is 428 g/mol. The molecule has 1 amide bonds. The first-order valence-electron chi connectivity index (χ1n) is 12.0. The lowest BCUT2D eigenvalue weighted by Crippen LogP contribution is -2.25. The van der Waals surface area contributed by atoms with Crippen molar-refractivity contribution in [3.8, 4) is 5.75 Å². The van der Waals surface area contributed by atoms with E-state index in [-0.39, 0.29) is 18.3 Å². The number of benzene rings is 1. The van der Waals surface area contributed by atoms with Crippen LogP contribution in [0.3, 0.4) is 0 Å². The van der Waals surface area contributed by atoms with Crippen LogP contribution in [0.2, 0.25) is 0 Å². The van der Waals surface area contributed by atoms with Crippen molar-refractivity contribution in [2.75, 3.05) is 13.2 Å². The SMILES string of the molecule is O=C(CCCCCCC1=C(CCC(O)COc2ccccc2)CCC1=O)NCC1CC1. The van der Waals surface area contributed by atoms with Crippen LogP contribution in [0.5, 0.6) is 5.75 Å². The highest BCUT2D eigenvalue weighted by atomic mass is 16.5. The zero-order chi connectivity index (χ0) is 21.9. The molecule has 170 valence electrons. The number of hydrogen-bond acceptors (Lipinski definition) is 4. The van der Waals surface area contributed by atoms with E-state index in [9.17, 15) is 14.7 Å². The number of Topliss-reactive ketones (excluding diaryl/α,β-unsaturated/α-hetero) is 1. The number of unbranched alkanes of at least 4 members (excludes halogenated alkanes) is 3. The lowest BCUT2D eigenvalue weighted by Gasteiger charge is -2.13. The summed E-state index contributed by atoms with van der Waals surface area (Å²) in [5.41, 5.74) is 2.22. The lowest BCUT2D eigenvalue weighted by atomic mass is 9.98. The molecule has 1 unspecified atom stereocenters. The van der Waals surface area contributed by atoms with Crippen LogP contribution >= 0.6 is 0 Å². The maximum absolute atomic E-state index is 12.3. The molecule has 1 fully saturated rings. The van der Waals surface area contributed by atoms with Crippen LogP contribution in [0.25, 0.3) is 0 Å². The Hall–Kier alpha value is -2.14. The van der Waals surface area contributed by atoms with Gasteiger partial charge >= 0.3 is 0 Å². The Morgan fingerprint density at radius 2 is 1.84 bits per heavy atom. The minimum absolute atomic E-state index is 0.178. The van der Waals surface area contributed by atoms with Crippen molar-refractivity contribution in [3.05, 3.63) is 41.5 Å². The standard InChI is InChI=1S/C26H37NO4/c28-22(19-31-23-8-4-3-5-9-23)16-14-21-15-17-25(29)24(21)10-6-1-2-7-11-26(30)27-18-20-12-13-20/h3-5,8-9,20,22,28H,1-2,6-7,10-19H2,(H,27,30). The fourth-order valence-corrected chi connectivity index (χ4v) is 4.10. The summed E-state index contributed by atoms with van der Waals surface area (Å²) in [6.07, 6.45) is 10.3. The molecule has 31 heavy (non-hydrogen) atoms. The summed E-state index contributed by atoms with van der Waals surface area (Å²) in [6.45, 7) is 1.12. The molecule has 0 aliphatic heterocycles. The number of ether oxygens (including phenoxy) is 1. The first-order valence-corrected chi connectivity index (χ1v) is 12.0. The quantitative estimate of drug-likeness (QED) is 0.397. The number of carbonyl (C=O) groups is 2. The molecular formula is C26H37NO4. The summed E-state index contributed by atoms with van der Waals surface area (Å²) < 4.78 is 5.62. The van der Waals surface area contributed by atoms with Gasteiger partial charge in [0.25, 0.3) is 0 Å². The monoisotopic (exact) mass is 427 g/mol. The Kier molecular flexibility index (Phi) is 9.60. The van der Waals surface area contributed by atoms with Crippen molar-refractivity contribution in [2.24, 2.45) is 5.92 Å². The van der Waals surface area contributed by atoms with Crippen molar-refractivity contribution in [2.45, 2.75) is 83.2 Å². The van der Waals surface area contributed by atoms with Gasteiger partial charge in [0.1, 0.15) is 12.4 Å². The van der Waals surface area contributed by atoms with E-state index in [4.69, 9.17) is 4.74 Å². The van der Waals surface area contributed by atoms with E-state index in [1.54, 1.807) is 0 Å². The van der Waals surface area contributed by atoms with Crippen molar-refractivity contribution >= 4 is 11.7 Å². The lowest BCUT2D eigenvalue weighted by molar-refractivity contribution is -0.121. The molecule has 1 saturated carbocycles. The molecule has 1 aromatic carbocycles. The van der Waals surface area contributed by atoms with Gasteiger partial charge in [-0.2, -0.15) is 0 Å². The molecule has 0 saturated heterocycles. The second kappa shape index (κ2) is 12.7. The number of amides is 1. The van der Waals surface area contributed by atoms with Gasteiger partial charge in [-0.25, -0.2) is 0 Å². The number of hydrogen-bond donors (Lipinski definition) is 2. The summed E-state index contributed by atoms with van der Waals surface area (Å²) in [5, 5.41) is 13.3. The highest BCUT2D eigenvalue weighted by molar-refractivity contribution is 5.98. The molecule has 0 spiro atoms. The van der Waals surface area contributed by atoms with Gasteiger partial charge in [0.15, 0.2) is 5.78 Å². The highest BCUT2D eigenvalue weighted by Gasteiger charge is 2.23. The number of nitrogens with one attached hydrogen (secondary N) is 1. The fourth-order valence-electron chi connectivity index (χ4n) is 4.10. The molecule has 2 aliphatic carbocycles. The largest absolute Gasteiger partial charge is 0.491 e. The molecule has 5 nitrogen and oxygen atoms in total. The number of rotatable bonds is 15. The van der Waals surface area contributed by atoms with Crippen LogP contribution in [-0.4, -0.2) is 36.1 Å². The molecule has 3 rings (SSSR count). The van der Waals surface area contributed by atoms with Crippen LogP contribution in [0, 0.1) is 5.92 Å². The summed E-state index contributed by atoms with van der Waals surface area (Å²) in [5.74, 6) is 1.95. The molecule has 0 radical (unpaired) electrons. The third-order valence-electron chi connectivity index (χ3n) is 6.25. The number of para-hydroxylation sites is 1. The van der Waals surface area contributed by atoms with Gasteiger partial charge < -0.3 is 15.2 Å². The van der Waals surface area contributed by atoms with Crippen LogP contribution < -0.4 is 10.1 Å². The van der Waals surface area contributed by atoms with Crippen molar-refractivity contribution in [1.29, 1.82) is 0 Å². The fraction of sp³-hybridized carbons (Fsp3) is 0.615. The normalized spacial score (nSPS) is 17.1. The minimum atomic E-state index is -0.532. The maximum atomic E-state index is 12.3. The van der Waals surface area contributed by atoms with Gasteiger partial charge in [-0.3, -0.25) is 9.59 Å². The predicted octanol–water partition coefficient (Wildman–Crippen LogP) is 4.73. The smallest absolute Gasteiger partial charge is 0.220 e. The Labute approximate surface area is 186 Å². The molecule has 0 aromatic heterocycles. The van der Waals surface area contributed by atoms with Crippen LogP contribution in [0.15, 0.2) is 41.5 Å². The zero-order valence-corrected chi connectivity index (χ0v) is 18.6. The van der Waals surface area contributed by atoms with Gasteiger partial charge in [-0.15, -0.1) is 0 Å². The summed E-state index contributed by atoms with van der Waals surface area (Å²) in [6, 6.07) is 9.51. The Balaban J connectivity index is 1.29. The molecular weight excluding hydrogens is 390 g/mol. The second-order valence-corrected chi connectivity index (χ2v) is 8.98. The summed E-state index contributed by atoms with van der Waals surface area (Å²) in [4.78, 5) is 24.0. The highest BCUT2D eigenvalue weighted by Crippen LogP contribution is 2.31. The first-order chi connectivity index (χ1) is 15.1. The van der Waals surface area contributed by atoms with Gasteiger partial charge in [0.2, 0.25) is 5.91 Å². The van der Waals surface area contributed by atoms with E-state index >= 15 is 0 Å². The van der Waals surface area contributed by atoms with Crippen LogP contribution in [0.1, 0.15) is 77.0 Å². The van der Waals surface area contributed by atoms with Gasteiger partial charge in [-0.05, 0) is 75.0 Å². The molecule has 0 bridgehead atoms. The minimum Gasteiger partial charge on any atom is -0.491 e. The first kappa shape index (κ1) is 23.5. The summed E-state index contributed by atoms with van der Waals surface area (Å²) in [7, 11) is 0. The van der Waals surface area contributed by atoms with Crippen molar-refractivity contribution in [1.82, 2.24) is 5.32 Å². The van der Waals surface area contributed by atoms with Crippen molar-refractivity contribution < 1.29 is 19.4 Å². The number of aliphatic hydroxyl groups excluding tert-OH is 1. The van der Waals surface area contributed by atoms with Crippen LogP contribution in [0.4, 0.5) is 0 Å². The molecule has 5 heteroatoms. The predicted molar refractivity (Wildman–Crippen MR) is 122 cm³/mol. The van der Waals surface area contributed by atoms with E-state index in [1.165, 1.54) is 18.4 Å². The third kappa shape index (κ3) is 8.86. The van der Waals surface area contributed by atoms with Crippen molar-refractivity contribution in [3.63, 3.8) is 0 Å². The number of allylic oxidation sites excluding steroid dienone is 2. The number of aliphatic hydroxyl groups is 1. The number of ketones is 1. The molecule has 1 aromatic rings. The van der Waals surface area contributed by atoms with Crippen LogP contribution in [-0.2, 0) is 9.59 Å². The third-order valence-corrected chi connectivity index (χ3v) is 6.25. The van der Waals surface area contributed by atoms with E-state index < -0.39 is 6.10 Å². The second-order valence-electron chi connectivity index (χ2n) is 8.98. The average Bonchev–Trinajstić information content (AvgIpc) is 3.55. The van der Waals surface area contributed by atoms with E-state index in [2.05, 4.69) is 5.32 Å². The zero-order valence-electron chi connectivity index (χ0n) is 18.6. The Bertz CT molecular complexity index is 739. The van der Waals surface area contributed by atoms with Gasteiger partial charge in [0.05, 0.1) is 6.10 Å². The summed E-state index contributed by atoms with van der Waals surface area (Å²) >= 11 is 0. The van der Waals surface area contributed by atoms with E-state index in [0.29, 0.717) is 19.3 Å². The van der Waals surface area contributed by atoms with E-state index in [1.807, 2.05) is 30.3 Å². The molecule has 1 atom stereocenters. The van der Waals surface area contributed by atoms with Gasteiger partial charge in [-0.1, -0.05) is 36.6 Å². The topological polar surface area (TPSA) is 75.6 Å². The molecule has 2 N–H and O–H groups in total. The maximum Gasteiger partial charge on any atom is 0.220 e. The van der Waals surface area contributed by atoms with E-state index in [0.717, 1.165) is 68.7 Å². The van der Waals surface area contributed by atoms with Gasteiger partial charge in [0, 0.05) is 19.4 Å². The Morgan fingerprint density at radius 1 is 1.06 bits per heavy atom. The Morgan fingerprint density at radius 3 is 2.61 bits per heavy atom. The molecule has 0 heterocycles. The molecule has 2 aliphatic rings. The number of carbonyl (C=O) groups excluding carboxylic acids is 2.